The molecule has 0 aliphatic carbocycles. The molecule has 0 saturated carbocycles. The molecule has 1 aromatic carbocycles. The fraction of sp³-hybridized carbons (Fsp3) is 0.429. The molecule has 80 valence electrons. The summed E-state index contributed by atoms with van der Waals surface area (Å²) in [5.74, 6) is 3.43. The van der Waals surface area contributed by atoms with Crippen molar-refractivity contribution in [3.63, 3.8) is 0 Å². The van der Waals surface area contributed by atoms with Crippen LogP contribution in [0.3, 0.4) is 0 Å². The maximum atomic E-state index is 5.47. The van der Waals surface area contributed by atoms with Gasteiger partial charge >= 0.3 is 0 Å². The van der Waals surface area contributed by atoms with Gasteiger partial charge in [0, 0.05) is 6.54 Å². The van der Waals surface area contributed by atoms with Crippen molar-refractivity contribution in [1.29, 1.82) is 0 Å². The smallest absolute Gasteiger partial charge is 0.0692 e. The standard InChI is InChI=1S/C14H19N/c1-4-14(10-12(2)3)15-11-13-8-6-5-7-9-13/h1,5-9,12,14-15H,10-11H2,2-3H3. The molecule has 0 amide bonds. The van der Waals surface area contributed by atoms with Gasteiger partial charge in [-0.25, -0.2) is 0 Å². The van der Waals surface area contributed by atoms with Crippen LogP contribution in [0.1, 0.15) is 25.8 Å². The summed E-state index contributed by atoms with van der Waals surface area (Å²) in [4.78, 5) is 0. The molecule has 0 aliphatic rings. The monoisotopic (exact) mass is 201 g/mol. The van der Waals surface area contributed by atoms with E-state index in [1.54, 1.807) is 0 Å². The SMILES string of the molecule is C#CC(CC(C)C)NCc1ccccc1. The van der Waals surface area contributed by atoms with Crippen LogP contribution in [0.5, 0.6) is 0 Å². The summed E-state index contributed by atoms with van der Waals surface area (Å²) >= 11 is 0. The highest BCUT2D eigenvalue weighted by atomic mass is 14.9. The minimum atomic E-state index is 0.185. The Morgan fingerprint density at radius 2 is 1.93 bits per heavy atom. The van der Waals surface area contributed by atoms with E-state index >= 15 is 0 Å². The van der Waals surface area contributed by atoms with E-state index in [0.717, 1.165) is 13.0 Å². The minimum Gasteiger partial charge on any atom is -0.300 e. The molecule has 0 fully saturated rings. The summed E-state index contributed by atoms with van der Waals surface area (Å²) in [5.41, 5.74) is 1.28. The Hall–Kier alpha value is -1.26. The summed E-state index contributed by atoms with van der Waals surface area (Å²) < 4.78 is 0. The van der Waals surface area contributed by atoms with Crippen LogP contribution in [-0.4, -0.2) is 6.04 Å². The Bertz CT molecular complexity index is 308. The second-order valence-corrected chi connectivity index (χ2v) is 4.22. The van der Waals surface area contributed by atoms with Crippen LogP contribution in [0.15, 0.2) is 30.3 Å². The van der Waals surface area contributed by atoms with Crippen LogP contribution in [0, 0.1) is 18.3 Å². The van der Waals surface area contributed by atoms with Gasteiger partial charge in [0.15, 0.2) is 0 Å². The van der Waals surface area contributed by atoms with E-state index < -0.39 is 0 Å². The van der Waals surface area contributed by atoms with Gasteiger partial charge in [0.1, 0.15) is 0 Å². The van der Waals surface area contributed by atoms with Gasteiger partial charge in [-0.15, -0.1) is 6.42 Å². The molecule has 1 heteroatoms. The average Bonchev–Trinajstić information content (AvgIpc) is 2.25. The lowest BCUT2D eigenvalue weighted by atomic mass is 10.0. The predicted octanol–water partition coefficient (Wildman–Crippen LogP) is 2.82. The Labute approximate surface area is 92.9 Å². The fourth-order valence-electron chi connectivity index (χ4n) is 1.52. The molecule has 0 bridgehead atoms. The number of hydrogen-bond acceptors (Lipinski definition) is 1. The molecule has 15 heavy (non-hydrogen) atoms. The molecule has 0 saturated heterocycles. The van der Waals surface area contributed by atoms with Crippen molar-refractivity contribution in [1.82, 2.24) is 5.32 Å². The van der Waals surface area contributed by atoms with Crippen LogP contribution in [0.25, 0.3) is 0 Å². The fourth-order valence-corrected chi connectivity index (χ4v) is 1.52. The highest BCUT2D eigenvalue weighted by Gasteiger charge is 2.06. The number of benzene rings is 1. The lowest BCUT2D eigenvalue weighted by Crippen LogP contribution is -2.28. The first-order valence-electron chi connectivity index (χ1n) is 5.46. The van der Waals surface area contributed by atoms with E-state index in [1.165, 1.54) is 5.56 Å². The topological polar surface area (TPSA) is 12.0 Å². The Balaban J connectivity index is 2.39. The molecular weight excluding hydrogens is 182 g/mol. The third-order valence-corrected chi connectivity index (χ3v) is 2.30. The van der Waals surface area contributed by atoms with E-state index in [4.69, 9.17) is 6.42 Å². The second kappa shape index (κ2) is 6.27. The molecule has 1 rings (SSSR count). The molecule has 0 radical (unpaired) electrons. The average molecular weight is 201 g/mol. The quantitative estimate of drug-likeness (QED) is 0.722. The van der Waals surface area contributed by atoms with Crippen molar-refractivity contribution in [2.75, 3.05) is 0 Å². The second-order valence-electron chi connectivity index (χ2n) is 4.22. The maximum absolute atomic E-state index is 5.47. The van der Waals surface area contributed by atoms with Gasteiger partial charge in [-0.1, -0.05) is 50.1 Å². The first-order valence-corrected chi connectivity index (χ1v) is 5.46. The van der Waals surface area contributed by atoms with Gasteiger partial charge in [-0.3, -0.25) is 5.32 Å². The van der Waals surface area contributed by atoms with Gasteiger partial charge in [0.2, 0.25) is 0 Å². The first kappa shape index (κ1) is 11.8. The lowest BCUT2D eigenvalue weighted by molar-refractivity contribution is 0.482. The molecule has 0 aromatic heterocycles. The number of hydrogen-bond donors (Lipinski definition) is 1. The van der Waals surface area contributed by atoms with Crippen molar-refractivity contribution >= 4 is 0 Å². The van der Waals surface area contributed by atoms with E-state index in [1.807, 2.05) is 18.2 Å². The molecule has 1 unspecified atom stereocenters. The third-order valence-electron chi connectivity index (χ3n) is 2.30. The van der Waals surface area contributed by atoms with E-state index in [9.17, 15) is 0 Å². The van der Waals surface area contributed by atoms with Crippen molar-refractivity contribution in [2.24, 2.45) is 5.92 Å². The van der Waals surface area contributed by atoms with E-state index in [2.05, 4.69) is 37.2 Å². The Kier molecular flexibility index (Phi) is 4.93. The lowest BCUT2D eigenvalue weighted by Gasteiger charge is -2.15. The van der Waals surface area contributed by atoms with Gasteiger partial charge < -0.3 is 0 Å². The Morgan fingerprint density at radius 3 is 2.47 bits per heavy atom. The van der Waals surface area contributed by atoms with Gasteiger partial charge in [-0.05, 0) is 17.9 Å². The highest BCUT2D eigenvalue weighted by Crippen LogP contribution is 2.05. The summed E-state index contributed by atoms with van der Waals surface area (Å²) in [6.07, 6.45) is 6.50. The summed E-state index contributed by atoms with van der Waals surface area (Å²) in [5, 5.41) is 3.38. The normalized spacial score (nSPS) is 12.4. The minimum absolute atomic E-state index is 0.185. The third kappa shape index (κ3) is 4.67. The zero-order valence-electron chi connectivity index (χ0n) is 9.53. The molecule has 0 spiro atoms. The van der Waals surface area contributed by atoms with Crippen LogP contribution in [0.4, 0.5) is 0 Å². The van der Waals surface area contributed by atoms with E-state index in [0.29, 0.717) is 5.92 Å². The van der Waals surface area contributed by atoms with Crippen LogP contribution < -0.4 is 5.32 Å². The van der Waals surface area contributed by atoms with Crippen molar-refractivity contribution < 1.29 is 0 Å². The zero-order valence-corrected chi connectivity index (χ0v) is 9.53. The van der Waals surface area contributed by atoms with Crippen molar-refractivity contribution in [3.05, 3.63) is 35.9 Å². The summed E-state index contributed by atoms with van der Waals surface area (Å²) in [6, 6.07) is 10.5. The molecule has 1 aromatic rings. The number of terminal acetylenes is 1. The highest BCUT2D eigenvalue weighted by molar-refractivity contribution is 5.15. The van der Waals surface area contributed by atoms with Gasteiger partial charge in [0.05, 0.1) is 6.04 Å². The maximum Gasteiger partial charge on any atom is 0.0692 e. The molecule has 1 atom stereocenters. The van der Waals surface area contributed by atoms with Crippen molar-refractivity contribution in [2.45, 2.75) is 32.9 Å². The Morgan fingerprint density at radius 1 is 1.27 bits per heavy atom. The number of nitrogens with one attached hydrogen (secondary N) is 1. The largest absolute Gasteiger partial charge is 0.300 e. The van der Waals surface area contributed by atoms with Crippen LogP contribution in [-0.2, 0) is 6.54 Å². The van der Waals surface area contributed by atoms with Gasteiger partial charge in [-0.2, -0.15) is 0 Å². The van der Waals surface area contributed by atoms with Crippen molar-refractivity contribution in [3.8, 4) is 12.3 Å². The molecular formula is C14H19N. The predicted molar refractivity (Wildman–Crippen MR) is 65.4 cm³/mol. The number of rotatable bonds is 5. The first-order chi connectivity index (χ1) is 7.22. The van der Waals surface area contributed by atoms with E-state index in [-0.39, 0.29) is 6.04 Å². The zero-order chi connectivity index (χ0) is 11.1. The van der Waals surface area contributed by atoms with Gasteiger partial charge in [0.25, 0.3) is 0 Å². The molecule has 1 N–H and O–H groups in total. The summed E-state index contributed by atoms with van der Waals surface area (Å²) in [6.45, 7) is 5.23. The molecule has 1 nitrogen and oxygen atoms in total. The molecule has 0 aliphatic heterocycles. The van der Waals surface area contributed by atoms with Crippen LogP contribution in [0.2, 0.25) is 0 Å². The summed E-state index contributed by atoms with van der Waals surface area (Å²) in [7, 11) is 0. The van der Waals surface area contributed by atoms with Crippen LogP contribution >= 0.6 is 0 Å². The molecule has 0 heterocycles.